The fourth-order valence-corrected chi connectivity index (χ4v) is 3.32. The molecule has 0 bridgehead atoms. The molecule has 0 saturated carbocycles. The van der Waals surface area contributed by atoms with E-state index in [1.54, 1.807) is 61.7 Å². The van der Waals surface area contributed by atoms with Gasteiger partial charge in [-0.1, -0.05) is 72.8 Å². The van der Waals surface area contributed by atoms with Crippen molar-refractivity contribution in [2.24, 2.45) is 0 Å². The average molecular weight is 358 g/mol. The van der Waals surface area contributed by atoms with Gasteiger partial charge in [-0.25, -0.2) is 0 Å². The molecule has 134 valence electrons. The van der Waals surface area contributed by atoms with Gasteiger partial charge in [-0.05, 0) is 17.7 Å². The molecule has 27 heavy (non-hydrogen) atoms. The highest BCUT2D eigenvalue weighted by molar-refractivity contribution is 6.25. The minimum atomic E-state index is -1.55. The zero-order valence-corrected chi connectivity index (χ0v) is 14.8. The molecule has 0 amide bonds. The number of rotatable bonds is 6. The average Bonchev–Trinajstić information content (AvgIpc) is 3.51. The van der Waals surface area contributed by atoms with Crippen LogP contribution in [0.25, 0.3) is 0 Å². The monoisotopic (exact) mass is 358 g/mol. The zero-order chi connectivity index (χ0) is 18.9. The van der Waals surface area contributed by atoms with Crippen molar-refractivity contribution < 1.29 is 19.1 Å². The third kappa shape index (κ3) is 2.94. The molecule has 0 aliphatic carbocycles. The van der Waals surface area contributed by atoms with Gasteiger partial charge in [-0.2, -0.15) is 0 Å². The van der Waals surface area contributed by atoms with Crippen LogP contribution in [-0.2, 0) is 4.74 Å². The molecule has 0 spiro atoms. The van der Waals surface area contributed by atoms with Gasteiger partial charge in [0.05, 0.1) is 7.11 Å². The van der Waals surface area contributed by atoms with Crippen LogP contribution in [0, 0.1) is 0 Å². The molecule has 4 rings (SSSR count). The summed E-state index contributed by atoms with van der Waals surface area (Å²) in [6.07, 6.45) is -0.645. The summed E-state index contributed by atoms with van der Waals surface area (Å²) in [5.41, 5.74) is 0.0944. The van der Waals surface area contributed by atoms with Gasteiger partial charge in [-0.3, -0.25) is 9.59 Å². The van der Waals surface area contributed by atoms with E-state index >= 15 is 0 Å². The number of epoxide rings is 1. The number of hydrogen-bond donors (Lipinski definition) is 0. The number of ketones is 2. The molecule has 4 heteroatoms. The van der Waals surface area contributed by atoms with Crippen LogP contribution in [0.1, 0.15) is 32.4 Å². The Morgan fingerprint density at radius 2 is 1.37 bits per heavy atom. The number of carbonyl (C=O) groups is 2. The van der Waals surface area contributed by atoms with Crippen molar-refractivity contribution >= 4 is 11.6 Å². The van der Waals surface area contributed by atoms with E-state index in [2.05, 4.69) is 0 Å². The van der Waals surface area contributed by atoms with E-state index < -0.39 is 11.7 Å². The standard InChI is InChI=1S/C23H18O4/c1-26-19-14-8-13-18(15-19)22-23(27-22,20(24)16-9-4-2-5-10-16)21(25)17-11-6-3-7-12-17/h2-15,22H,1H3. The summed E-state index contributed by atoms with van der Waals surface area (Å²) in [5.74, 6) is -0.00855. The van der Waals surface area contributed by atoms with Gasteiger partial charge in [0.15, 0.2) is 0 Å². The highest BCUT2D eigenvalue weighted by Gasteiger charge is 2.68. The van der Waals surface area contributed by atoms with Crippen LogP contribution in [0.4, 0.5) is 0 Å². The molecule has 4 nitrogen and oxygen atoms in total. The topological polar surface area (TPSA) is 55.9 Å². The van der Waals surface area contributed by atoms with Gasteiger partial charge in [0.1, 0.15) is 11.9 Å². The third-order valence-corrected chi connectivity index (χ3v) is 4.76. The molecular weight excluding hydrogens is 340 g/mol. The van der Waals surface area contributed by atoms with E-state index in [0.717, 1.165) is 5.56 Å². The first-order valence-electron chi connectivity index (χ1n) is 8.68. The van der Waals surface area contributed by atoms with Crippen molar-refractivity contribution in [3.63, 3.8) is 0 Å². The number of hydrogen-bond acceptors (Lipinski definition) is 4. The second-order valence-electron chi connectivity index (χ2n) is 6.40. The first-order valence-corrected chi connectivity index (χ1v) is 8.68. The molecule has 1 aliphatic rings. The third-order valence-electron chi connectivity index (χ3n) is 4.76. The normalized spacial score (nSPS) is 17.1. The van der Waals surface area contributed by atoms with Gasteiger partial charge in [0, 0.05) is 11.1 Å². The summed E-state index contributed by atoms with van der Waals surface area (Å²) in [7, 11) is 1.57. The molecule has 1 aliphatic heterocycles. The lowest BCUT2D eigenvalue weighted by Crippen LogP contribution is -2.35. The fourth-order valence-electron chi connectivity index (χ4n) is 3.32. The molecule has 3 aromatic carbocycles. The predicted octanol–water partition coefficient (Wildman–Crippen LogP) is 4.27. The molecule has 1 heterocycles. The van der Waals surface area contributed by atoms with Crippen molar-refractivity contribution in [3.05, 3.63) is 102 Å². The second kappa shape index (κ2) is 6.82. The Hall–Kier alpha value is -3.24. The fraction of sp³-hybridized carbons (Fsp3) is 0.130. The number of benzene rings is 3. The van der Waals surface area contributed by atoms with Gasteiger partial charge >= 0.3 is 0 Å². The Morgan fingerprint density at radius 1 is 0.815 bits per heavy atom. The molecule has 1 fully saturated rings. The van der Waals surface area contributed by atoms with E-state index in [1.165, 1.54) is 0 Å². The van der Waals surface area contributed by atoms with Gasteiger partial charge in [0.2, 0.25) is 17.2 Å². The number of methoxy groups -OCH3 is 1. The Morgan fingerprint density at radius 3 is 1.89 bits per heavy atom. The number of ether oxygens (including phenoxy) is 2. The van der Waals surface area contributed by atoms with E-state index in [4.69, 9.17) is 9.47 Å². The van der Waals surface area contributed by atoms with Crippen molar-refractivity contribution in [1.82, 2.24) is 0 Å². The minimum Gasteiger partial charge on any atom is -0.497 e. The molecule has 1 unspecified atom stereocenters. The summed E-state index contributed by atoms with van der Waals surface area (Å²) in [6.45, 7) is 0. The quantitative estimate of drug-likeness (QED) is 0.375. The molecule has 1 saturated heterocycles. The maximum absolute atomic E-state index is 13.3. The first kappa shape index (κ1) is 17.2. The SMILES string of the molecule is COc1cccc(C2OC2(C(=O)c2ccccc2)C(=O)c2ccccc2)c1. The molecular formula is C23H18O4. The van der Waals surface area contributed by atoms with E-state index in [-0.39, 0.29) is 11.6 Å². The molecule has 0 aromatic heterocycles. The Balaban J connectivity index is 1.78. The molecule has 0 N–H and O–H groups in total. The van der Waals surface area contributed by atoms with Crippen LogP contribution in [-0.4, -0.2) is 24.3 Å². The van der Waals surface area contributed by atoms with Crippen molar-refractivity contribution in [3.8, 4) is 5.75 Å². The van der Waals surface area contributed by atoms with Crippen LogP contribution in [0.2, 0.25) is 0 Å². The molecule has 0 radical (unpaired) electrons. The lowest BCUT2D eigenvalue weighted by molar-refractivity contribution is 0.0752. The van der Waals surface area contributed by atoms with Gasteiger partial charge < -0.3 is 9.47 Å². The minimum absolute atomic E-state index is 0.329. The molecule has 3 aromatic rings. The predicted molar refractivity (Wildman–Crippen MR) is 101 cm³/mol. The lowest BCUT2D eigenvalue weighted by Gasteiger charge is -2.12. The summed E-state index contributed by atoms with van der Waals surface area (Å²) < 4.78 is 11.1. The van der Waals surface area contributed by atoms with E-state index in [0.29, 0.717) is 16.9 Å². The highest BCUT2D eigenvalue weighted by atomic mass is 16.6. The van der Waals surface area contributed by atoms with Gasteiger partial charge in [0.25, 0.3) is 0 Å². The maximum atomic E-state index is 13.3. The largest absolute Gasteiger partial charge is 0.497 e. The Labute approximate surface area is 157 Å². The van der Waals surface area contributed by atoms with Crippen molar-refractivity contribution in [2.45, 2.75) is 11.7 Å². The smallest absolute Gasteiger partial charge is 0.224 e. The highest BCUT2D eigenvalue weighted by Crippen LogP contribution is 2.53. The van der Waals surface area contributed by atoms with Crippen molar-refractivity contribution in [2.75, 3.05) is 7.11 Å². The molecule has 1 atom stereocenters. The summed E-state index contributed by atoms with van der Waals surface area (Å²) in [5, 5.41) is 0. The van der Waals surface area contributed by atoms with Crippen LogP contribution >= 0.6 is 0 Å². The van der Waals surface area contributed by atoms with E-state index in [9.17, 15) is 9.59 Å². The Kier molecular flexibility index (Phi) is 4.34. The Bertz CT molecular complexity index is 928. The lowest BCUT2D eigenvalue weighted by atomic mass is 9.85. The first-order chi connectivity index (χ1) is 13.2. The van der Waals surface area contributed by atoms with Gasteiger partial charge in [-0.15, -0.1) is 0 Å². The summed E-state index contributed by atoms with van der Waals surface area (Å²) in [6, 6.07) is 24.8. The number of carbonyl (C=O) groups excluding carboxylic acids is 2. The van der Waals surface area contributed by atoms with Crippen LogP contribution in [0.5, 0.6) is 5.75 Å². The van der Waals surface area contributed by atoms with Crippen LogP contribution in [0.3, 0.4) is 0 Å². The van der Waals surface area contributed by atoms with Crippen LogP contribution in [0.15, 0.2) is 84.9 Å². The summed E-state index contributed by atoms with van der Waals surface area (Å²) in [4.78, 5) is 26.6. The van der Waals surface area contributed by atoms with E-state index in [1.807, 2.05) is 30.3 Å². The second-order valence-corrected chi connectivity index (χ2v) is 6.40. The summed E-state index contributed by atoms with van der Waals surface area (Å²) >= 11 is 0. The number of Topliss-reactive ketones (excluding diaryl/α,β-unsaturated/α-hetero) is 2. The maximum Gasteiger partial charge on any atom is 0.224 e. The zero-order valence-electron chi connectivity index (χ0n) is 14.8. The van der Waals surface area contributed by atoms with Crippen molar-refractivity contribution in [1.29, 1.82) is 0 Å². The van der Waals surface area contributed by atoms with Crippen LogP contribution < -0.4 is 4.74 Å².